The van der Waals surface area contributed by atoms with Gasteiger partial charge in [0.25, 0.3) is 0 Å². The summed E-state index contributed by atoms with van der Waals surface area (Å²) in [6, 6.07) is 8.87. The second kappa shape index (κ2) is 5.97. The molecule has 0 fully saturated rings. The van der Waals surface area contributed by atoms with Gasteiger partial charge in [0, 0.05) is 24.9 Å². The molecule has 20 heavy (non-hydrogen) atoms. The largest absolute Gasteiger partial charge is 0.465 e. The van der Waals surface area contributed by atoms with Crippen LogP contribution < -0.4 is 5.32 Å². The Morgan fingerprint density at radius 3 is 2.60 bits per heavy atom. The Morgan fingerprint density at radius 2 is 2.00 bits per heavy atom. The van der Waals surface area contributed by atoms with Crippen molar-refractivity contribution in [2.24, 2.45) is 0 Å². The van der Waals surface area contributed by atoms with Gasteiger partial charge in [-0.1, -0.05) is 12.1 Å². The number of benzene rings is 1. The second-order valence-electron chi connectivity index (χ2n) is 4.17. The van der Waals surface area contributed by atoms with E-state index in [2.05, 4.69) is 10.3 Å². The van der Waals surface area contributed by atoms with E-state index in [0.29, 0.717) is 11.3 Å². The molecule has 0 atom stereocenters. The lowest BCUT2D eigenvalue weighted by molar-refractivity contribution is -0.114. The van der Waals surface area contributed by atoms with Crippen molar-refractivity contribution in [3.8, 4) is 11.1 Å². The van der Waals surface area contributed by atoms with Gasteiger partial charge in [-0.25, -0.2) is 4.79 Å². The number of aromatic nitrogens is 1. The molecule has 5 nitrogen and oxygen atoms in total. The lowest BCUT2D eigenvalue weighted by atomic mass is 10.0. The van der Waals surface area contributed by atoms with Crippen molar-refractivity contribution in [3.05, 3.63) is 48.3 Å². The van der Waals surface area contributed by atoms with Crippen molar-refractivity contribution in [3.63, 3.8) is 0 Å². The summed E-state index contributed by atoms with van der Waals surface area (Å²) in [6.45, 7) is 1.39. The lowest BCUT2D eigenvalue weighted by Gasteiger charge is -2.10. The number of rotatable bonds is 3. The third-order valence-electron chi connectivity index (χ3n) is 2.73. The summed E-state index contributed by atoms with van der Waals surface area (Å²) < 4.78 is 4.74. The number of ether oxygens (including phenoxy) is 1. The average molecular weight is 270 g/mol. The molecular formula is C15H14N2O3. The Balaban J connectivity index is 2.48. The van der Waals surface area contributed by atoms with Gasteiger partial charge in [-0.2, -0.15) is 0 Å². The van der Waals surface area contributed by atoms with Crippen LogP contribution in [0.25, 0.3) is 11.1 Å². The predicted molar refractivity (Wildman–Crippen MR) is 75.3 cm³/mol. The number of amides is 1. The molecule has 2 aromatic rings. The van der Waals surface area contributed by atoms with E-state index >= 15 is 0 Å². The fourth-order valence-electron chi connectivity index (χ4n) is 1.83. The van der Waals surface area contributed by atoms with Crippen LogP contribution in [-0.2, 0) is 9.53 Å². The Morgan fingerprint density at radius 1 is 1.20 bits per heavy atom. The van der Waals surface area contributed by atoms with Gasteiger partial charge in [-0.15, -0.1) is 0 Å². The standard InChI is InChI=1S/C15H14N2O3/c1-10(18)17-14-6-5-11(8-13(14)15(19)20-2)12-4-3-7-16-9-12/h3-9H,1-2H3,(H,17,18). The minimum atomic E-state index is -0.500. The van der Waals surface area contributed by atoms with Crippen molar-refractivity contribution in [1.29, 1.82) is 0 Å². The molecule has 2 rings (SSSR count). The fraction of sp³-hybridized carbons (Fsp3) is 0.133. The smallest absolute Gasteiger partial charge is 0.339 e. The summed E-state index contributed by atoms with van der Waals surface area (Å²) >= 11 is 0. The first-order chi connectivity index (χ1) is 9.61. The first-order valence-corrected chi connectivity index (χ1v) is 6.02. The Labute approximate surface area is 116 Å². The predicted octanol–water partition coefficient (Wildman–Crippen LogP) is 2.49. The summed E-state index contributed by atoms with van der Waals surface area (Å²) in [5.74, 6) is -0.747. The van der Waals surface area contributed by atoms with E-state index in [1.54, 1.807) is 24.5 Å². The zero-order chi connectivity index (χ0) is 14.5. The first kappa shape index (κ1) is 13.7. The van der Waals surface area contributed by atoms with Gasteiger partial charge in [0.2, 0.25) is 5.91 Å². The first-order valence-electron chi connectivity index (χ1n) is 6.02. The van der Waals surface area contributed by atoms with Gasteiger partial charge in [-0.3, -0.25) is 9.78 Å². The van der Waals surface area contributed by atoms with E-state index in [1.165, 1.54) is 14.0 Å². The van der Waals surface area contributed by atoms with Crippen LogP contribution in [0.4, 0.5) is 5.69 Å². The van der Waals surface area contributed by atoms with Gasteiger partial charge in [-0.05, 0) is 23.8 Å². The number of pyridine rings is 1. The van der Waals surface area contributed by atoms with Crippen LogP contribution in [0.1, 0.15) is 17.3 Å². The van der Waals surface area contributed by atoms with Crippen molar-refractivity contribution in [2.75, 3.05) is 12.4 Å². The maximum Gasteiger partial charge on any atom is 0.339 e. The lowest BCUT2D eigenvalue weighted by Crippen LogP contribution is -2.12. The molecule has 0 saturated heterocycles. The third kappa shape index (κ3) is 3.00. The maximum atomic E-state index is 11.8. The molecule has 1 amide bonds. The van der Waals surface area contributed by atoms with Gasteiger partial charge in [0.15, 0.2) is 0 Å². The Hall–Kier alpha value is -2.69. The molecule has 1 heterocycles. The molecule has 102 valence electrons. The van der Waals surface area contributed by atoms with Crippen molar-refractivity contribution in [1.82, 2.24) is 4.98 Å². The quantitative estimate of drug-likeness (QED) is 0.870. The topological polar surface area (TPSA) is 68.3 Å². The number of anilines is 1. The highest BCUT2D eigenvalue weighted by Gasteiger charge is 2.14. The van der Waals surface area contributed by atoms with E-state index in [0.717, 1.165) is 11.1 Å². The minimum Gasteiger partial charge on any atom is -0.465 e. The van der Waals surface area contributed by atoms with Crippen molar-refractivity contribution < 1.29 is 14.3 Å². The van der Waals surface area contributed by atoms with E-state index in [1.807, 2.05) is 18.2 Å². The fourth-order valence-corrected chi connectivity index (χ4v) is 1.83. The zero-order valence-corrected chi connectivity index (χ0v) is 11.2. The van der Waals surface area contributed by atoms with Crippen molar-refractivity contribution >= 4 is 17.6 Å². The second-order valence-corrected chi connectivity index (χ2v) is 4.17. The number of esters is 1. The van der Waals surface area contributed by atoms with E-state index in [9.17, 15) is 9.59 Å². The monoisotopic (exact) mass is 270 g/mol. The highest BCUT2D eigenvalue weighted by atomic mass is 16.5. The Kier molecular flexibility index (Phi) is 4.10. The molecular weight excluding hydrogens is 256 g/mol. The normalized spacial score (nSPS) is 9.90. The SMILES string of the molecule is COC(=O)c1cc(-c2cccnc2)ccc1NC(C)=O. The van der Waals surface area contributed by atoms with Gasteiger partial charge in [0.05, 0.1) is 18.4 Å². The zero-order valence-electron chi connectivity index (χ0n) is 11.2. The maximum absolute atomic E-state index is 11.8. The highest BCUT2D eigenvalue weighted by Crippen LogP contribution is 2.25. The van der Waals surface area contributed by atoms with Crippen LogP contribution in [0.5, 0.6) is 0 Å². The number of nitrogens with one attached hydrogen (secondary N) is 1. The summed E-state index contributed by atoms with van der Waals surface area (Å²) in [6.07, 6.45) is 3.38. The summed E-state index contributed by atoms with van der Waals surface area (Å²) in [5, 5.41) is 2.61. The molecule has 0 saturated carbocycles. The number of hydrogen-bond donors (Lipinski definition) is 1. The number of hydrogen-bond acceptors (Lipinski definition) is 4. The minimum absolute atomic E-state index is 0.246. The number of carbonyl (C=O) groups excluding carboxylic acids is 2. The summed E-state index contributed by atoms with van der Waals surface area (Å²) in [4.78, 5) is 27.0. The van der Waals surface area contributed by atoms with E-state index < -0.39 is 5.97 Å². The molecule has 1 aromatic heterocycles. The molecule has 1 aromatic carbocycles. The van der Waals surface area contributed by atoms with Crippen molar-refractivity contribution in [2.45, 2.75) is 6.92 Å². The molecule has 1 N–H and O–H groups in total. The van der Waals surface area contributed by atoms with Gasteiger partial charge >= 0.3 is 5.97 Å². The third-order valence-corrected chi connectivity index (χ3v) is 2.73. The van der Waals surface area contributed by atoms with Crippen LogP contribution in [0, 0.1) is 0 Å². The van der Waals surface area contributed by atoms with Gasteiger partial charge < -0.3 is 10.1 Å². The van der Waals surface area contributed by atoms with Crippen LogP contribution in [0.3, 0.4) is 0 Å². The molecule has 0 spiro atoms. The molecule has 0 aliphatic rings. The van der Waals surface area contributed by atoms with Crippen LogP contribution in [0.15, 0.2) is 42.7 Å². The van der Waals surface area contributed by atoms with E-state index in [-0.39, 0.29) is 5.91 Å². The number of carbonyl (C=O) groups is 2. The van der Waals surface area contributed by atoms with Crippen LogP contribution in [0.2, 0.25) is 0 Å². The molecule has 0 aliphatic heterocycles. The average Bonchev–Trinajstić information content (AvgIpc) is 2.47. The molecule has 0 radical (unpaired) electrons. The van der Waals surface area contributed by atoms with E-state index in [4.69, 9.17) is 4.74 Å². The number of nitrogens with zero attached hydrogens (tertiary/aromatic N) is 1. The van der Waals surface area contributed by atoms with Crippen LogP contribution >= 0.6 is 0 Å². The summed E-state index contributed by atoms with van der Waals surface area (Å²) in [7, 11) is 1.30. The molecule has 0 unspecified atom stereocenters. The highest BCUT2D eigenvalue weighted by molar-refractivity contribution is 6.01. The molecule has 0 aliphatic carbocycles. The molecule has 0 bridgehead atoms. The Bertz CT molecular complexity index is 639. The van der Waals surface area contributed by atoms with Crippen LogP contribution in [-0.4, -0.2) is 24.0 Å². The summed E-state index contributed by atoms with van der Waals surface area (Å²) in [5.41, 5.74) is 2.45. The van der Waals surface area contributed by atoms with Gasteiger partial charge in [0.1, 0.15) is 0 Å². The molecule has 5 heteroatoms. The number of methoxy groups -OCH3 is 1.